The molecular weight excluding hydrogens is 276 g/mol. The molecule has 1 saturated heterocycles. The van der Waals surface area contributed by atoms with E-state index in [9.17, 15) is 10.1 Å². The van der Waals surface area contributed by atoms with Crippen LogP contribution in [0.15, 0.2) is 12.1 Å². The molecule has 0 saturated carbocycles. The number of rotatable bonds is 5. The molecule has 0 spiro atoms. The van der Waals surface area contributed by atoms with E-state index in [2.05, 4.69) is 30.4 Å². The third-order valence-electron chi connectivity index (χ3n) is 3.24. The van der Waals surface area contributed by atoms with Gasteiger partial charge in [0.2, 0.25) is 5.91 Å². The van der Waals surface area contributed by atoms with Gasteiger partial charge < -0.3 is 5.32 Å². The Morgan fingerprint density at radius 2 is 2.42 bits per heavy atom. The van der Waals surface area contributed by atoms with Crippen LogP contribution in [0.3, 0.4) is 0 Å². The van der Waals surface area contributed by atoms with Crippen LogP contribution in [0.4, 0.5) is 0 Å². The van der Waals surface area contributed by atoms with Gasteiger partial charge in [0.15, 0.2) is 0 Å². The van der Waals surface area contributed by atoms with Gasteiger partial charge in [-0.3, -0.25) is 4.79 Å². The predicted molar refractivity (Wildman–Crippen MR) is 80.4 cm³/mol. The Kier molecular flexibility index (Phi) is 4.89. The van der Waals surface area contributed by atoms with E-state index in [4.69, 9.17) is 0 Å². The SMILES string of the molecule is Cc1ccc(CCCC(=O)N[C@@]2(C#N)CCSC2)s1. The summed E-state index contributed by atoms with van der Waals surface area (Å²) in [7, 11) is 0. The average Bonchev–Trinajstić information content (AvgIpc) is 2.99. The molecule has 19 heavy (non-hydrogen) atoms. The lowest BCUT2D eigenvalue weighted by Gasteiger charge is -2.21. The molecular formula is C14H18N2OS2. The molecule has 0 bridgehead atoms. The van der Waals surface area contributed by atoms with Crippen LogP contribution in [-0.4, -0.2) is 23.0 Å². The van der Waals surface area contributed by atoms with E-state index in [1.54, 1.807) is 23.1 Å². The molecule has 2 heterocycles. The number of carbonyl (C=O) groups is 1. The van der Waals surface area contributed by atoms with Gasteiger partial charge in [-0.25, -0.2) is 0 Å². The van der Waals surface area contributed by atoms with Crippen LogP contribution in [0.25, 0.3) is 0 Å². The molecule has 2 rings (SSSR count). The van der Waals surface area contributed by atoms with E-state index in [0.29, 0.717) is 6.42 Å². The fourth-order valence-corrected chi connectivity index (χ4v) is 4.35. The third-order valence-corrected chi connectivity index (χ3v) is 5.49. The van der Waals surface area contributed by atoms with E-state index in [-0.39, 0.29) is 5.91 Å². The van der Waals surface area contributed by atoms with Crippen molar-refractivity contribution in [3.63, 3.8) is 0 Å². The minimum atomic E-state index is -0.610. The standard InChI is InChI=1S/C14H18N2OS2/c1-11-5-6-12(19-11)3-2-4-13(17)16-14(9-15)7-8-18-10-14/h5-6H,2-4,7-8,10H2,1H3,(H,16,17)/t14-/m1/s1. The second kappa shape index (κ2) is 6.44. The summed E-state index contributed by atoms with van der Waals surface area (Å²) in [5.74, 6) is 1.69. The molecule has 0 unspecified atom stereocenters. The summed E-state index contributed by atoms with van der Waals surface area (Å²) in [6.07, 6.45) is 3.07. The van der Waals surface area contributed by atoms with Crippen molar-refractivity contribution in [1.29, 1.82) is 5.26 Å². The van der Waals surface area contributed by atoms with Crippen LogP contribution in [0.1, 0.15) is 29.0 Å². The minimum Gasteiger partial charge on any atom is -0.337 e. The van der Waals surface area contributed by atoms with Crippen molar-refractivity contribution in [2.75, 3.05) is 11.5 Å². The van der Waals surface area contributed by atoms with Gasteiger partial charge in [0, 0.05) is 21.9 Å². The fourth-order valence-electron chi connectivity index (χ4n) is 2.15. The maximum absolute atomic E-state index is 11.9. The summed E-state index contributed by atoms with van der Waals surface area (Å²) < 4.78 is 0. The van der Waals surface area contributed by atoms with Crippen molar-refractivity contribution in [3.8, 4) is 6.07 Å². The number of nitrogens with zero attached hydrogens (tertiary/aromatic N) is 1. The Labute approximate surface area is 122 Å². The zero-order valence-electron chi connectivity index (χ0n) is 11.1. The summed E-state index contributed by atoms with van der Waals surface area (Å²) in [5.41, 5.74) is -0.610. The molecule has 1 aliphatic rings. The van der Waals surface area contributed by atoms with Gasteiger partial charge in [-0.15, -0.1) is 11.3 Å². The lowest BCUT2D eigenvalue weighted by molar-refractivity contribution is -0.122. The zero-order valence-corrected chi connectivity index (χ0v) is 12.7. The molecule has 1 aromatic rings. The lowest BCUT2D eigenvalue weighted by atomic mass is 10.0. The van der Waals surface area contributed by atoms with Crippen molar-refractivity contribution in [3.05, 3.63) is 21.9 Å². The molecule has 1 N–H and O–H groups in total. The second-order valence-electron chi connectivity index (χ2n) is 4.91. The van der Waals surface area contributed by atoms with Crippen molar-refractivity contribution in [1.82, 2.24) is 5.32 Å². The normalized spacial score (nSPS) is 22.1. The number of nitriles is 1. The number of thioether (sulfide) groups is 1. The first-order valence-corrected chi connectivity index (χ1v) is 8.46. The second-order valence-corrected chi connectivity index (χ2v) is 7.39. The van der Waals surface area contributed by atoms with Crippen molar-refractivity contribution < 1.29 is 4.79 Å². The maximum atomic E-state index is 11.9. The largest absolute Gasteiger partial charge is 0.337 e. The van der Waals surface area contributed by atoms with E-state index in [1.165, 1.54) is 9.75 Å². The topological polar surface area (TPSA) is 52.9 Å². The van der Waals surface area contributed by atoms with Gasteiger partial charge >= 0.3 is 0 Å². The molecule has 5 heteroatoms. The van der Waals surface area contributed by atoms with Crippen LogP contribution in [0.2, 0.25) is 0 Å². The summed E-state index contributed by atoms with van der Waals surface area (Å²) in [6.45, 7) is 2.09. The van der Waals surface area contributed by atoms with E-state index < -0.39 is 5.54 Å². The van der Waals surface area contributed by atoms with Crippen LogP contribution < -0.4 is 5.32 Å². The Hall–Kier alpha value is -0.990. The van der Waals surface area contributed by atoms with E-state index >= 15 is 0 Å². The minimum absolute atomic E-state index is 0.0114. The van der Waals surface area contributed by atoms with Gasteiger partial charge in [0.25, 0.3) is 0 Å². The van der Waals surface area contributed by atoms with E-state index in [1.807, 2.05) is 0 Å². The fraction of sp³-hybridized carbons (Fsp3) is 0.571. The Bertz CT molecular complexity index is 484. The molecule has 1 atom stereocenters. The molecule has 3 nitrogen and oxygen atoms in total. The summed E-state index contributed by atoms with van der Waals surface area (Å²) in [5, 5.41) is 12.1. The number of hydrogen-bond acceptors (Lipinski definition) is 4. The van der Waals surface area contributed by atoms with Crippen LogP contribution >= 0.6 is 23.1 Å². The molecule has 0 aliphatic carbocycles. The first-order valence-electron chi connectivity index (χ1n) is 6.49. The highest BCUT2D eigenvalue weighted by molar-refractivity contribution is 7.99. The van der Waals surface area contributed by atoms with Gasteiger partial charge in [0.05, 0.1) is 6.07 Å². The van der Waals surface area contributed by atoms with Gasteiger partial charge in [-0.1, -0.05) is 0 Å². The van der Waals surface area contributed by atoms with Crippen molar-refractivity contribution >= 4 is 29.0 Å². The van der Waals surface area contributed by atoms with Crippen molar-refractivity contribution in [2.45, 2.75) is 38.1 Å². The number of amides is 1. The Morgan fingerprint density at radius 1 is 1.58 bits per heavy atom. The molecule has 1 fully saturated rings. The molecule has 0 radical (unpaired) electrons. The highest BCUT2D eigenvalue weighted by Gasteiger charge is 2.35. The summed E-state index contributed by atoms with van der Waals surface area (Å²) in [4.78, 5) is 14.5. The molecule has 1 aliphatic heterocycles. The molecule has 102 valence electrons. The lowest BCUT2D eigenvalue weighted by Crippen LogP contribution is -2.47. The maximum Gasteiger partial charge on any atom is 0.221 e. The number of carbonyl (C=O) groups excluding carboxylic acids is 1. The molecule has 1 amide bonds. The summed E-state index contributed by atoms with van der Waals surface area (Å²) >= 11 is 3.52. The number of hydrogen-bond donors (Lipinski definition) is 1. The van der Waals surface area contributed by atoms with Gasteiger partial charge in [-0.2, -0.15) is 17.0 Å². The van der Waals surface area contributed by atoms with Crippen LogP contribution in [0, 0.1) is 18.3 Å². The van der Waals surface area contributed by atoms with Crippen LogP contribution in [-0.2, 0) is 11.2 Å². The van der Waals surface area contributed by atoms with Crippen LogP contribution in [0.5, 0.6) is 0 Å². The Balaban J connectivity index is 1.74. The zero-order chi connectivity index (χ0) is 13.7. The molecule has 1 aromatic heterocycles. The van der Waals surface area contributed by atoms with Gasteiger partial charge in [0.1, 0.15) is 5.54 Å². The van der Waals surface area contributed by atoms with E-state index in [0.717, 1.165) is 30.8 Å². The van der Waals surface area contributed by atoms with Crippen molar-refractivity contribution in [2.24, 2.45) is 0 Å². The first kappa shape index (κ1) is 14.4. The highest BCUT2D eigenvalue weighted by Crippen LogP contribution is 2.27. The predicted octanol–water partition coefficient (Wildman–Crippen LogP) is 2.89. The quantitative estimate of drug-likeness (QED) is 0.908. The number of aryl methyl sites for hydroxylation is 2. The smallest absolute Gasteiger partial charge is 0.221 e. The number of nitrogens with one attached hydrogen (secondary N) is 1. The average molecular weight is 294 g/mol. The first-order chi connectivity index (χ1) is 9.13. The third kappa shape index (κ3) is 3.99. The summed E-state index contributed by atoms with van der Waals surface area (Å²) in [6, 6.07) is 6.51. The Morgan fingerprint density at radius 3 is 3.00 bits per heavy atom. The monoisotopic (exact) mass is 294 g/mol. The highest BCUT2D eigenvalue weighted by atomic mass is 32.2. The number of thiophene rings is 1. The van der Waals surface area contributed by atoms with Gasteiger partial charge in [-0.05, 0) is 44.1 Å². The molecule has 0 aromatic carbocycles.